The first-order valence-corrected chi connectivity index (χ1v) is 10.7. The fourth-order valence-corrected chi connectivity index (χ4v) is 4.13. The van der Waals surface area contributed by atoms with Crippen molar-refractivity contribution in [3.05, 3.63) is 90.0 Å². The standard InChI is InChI=1S/C26H29N3O/c1-28(23-14-3-2-4-15-23)24-16-7-6-13-22(24)19-27-26(30)20-29-18-10-9-12-21-11-5-8-17-25(21)29/h2-8,11,13-17H,9-10,12,18-20H2,1H3,(H,27,30). The molecule has 0 saturated carbocycles. The van der Waals surface area contributed by atoms with Crippen molar-refractivity contribution in [3.8, 4) is 0 Å². The van der Waals surface area contributed by atoms with Crippen LogP contribution in [-0.4, -0.2) is 26.0 Å². The van der Waals surface area contributed by atoms with Crippen LogP contribution in [0.5, 0.6) is 0 Å². The van der Waals surface area contributed by atoms with E-state index in [1.54, 1.807) is 0 Å². The van der Waals surface area contributed by atoms with Gasteiger partial charge in [-0.15, -0.1) is 0 Å². The molecule has 3 aromatic rings. The molecular weight excluding hydrogens is 370 g/mol. The summed E-state index contributed by atoms with van der Waals surface area (Å²) in [7, 11) is 2.06. The van der Waals surface area contributed by atoms with E-state index in [4.69, 9.17) is 0 Å². The molecule has 1 aliphatic heterocycles. The van der Waals surface area contributed by atoms with E-state index in [0.717, 1.165) is 36.3 Å². The number of benzene rings is 3. The lowest BCUT2D eigenvalue weighted by Crippen LogP contribution is -2.37. The number of aryl methyl sites for hydroxylation is 1. The van der Waals surface area contributed by atoms with E-state index in [1.807, 2.05) is 30.3 Å². The molecule has 1 aliphatic rings. The van der Waals surface area contributed by atoms with E-state index in [9.17, 15) is 4.79 Å². The number of anilines is 3. The fourth-order valence-electron chi connectivity index (χ4n) is 4.13. The molecule has 0 radical (unpaired) electrons. The molecule has 0 spiro atoms. The van der Waals surface area contributed by atoms with Crippen molar-refractivity contribution in [2.45, 2.75) is 25.8 Å². The van der Waals surface area contributed by atoms with E-state index in [1.165, 1.54) is 17.7 Å². The lowest BCUT2D eigenvalue weighted by atomic mass is 10.1. The minimum Gasteiger partial charge on any atom is -0.362 e. The number of nitrogens with zero attached hydrogens (tertiary/aromatic N) is 2. The number of carbonyl (C=O) groups is 1. The first-order chi connectivity index (χ1) is 14.7. The Morgan fingerprint density at radius 1 is 0.933 bits per heavy atom. The van der Waals surface area contributed by atoms with Gasteiger partial charge in [-0.05, 0) is 54.7 Å². The molecule has 1 heterocycles. The Morgan fingerprint density at radius 2 is 1.67 bits per heavy atom. The molecule has 1 amide bonds. The van der Waals surface area contributed by atoms with Crippen LogP contribution in [-0.2, 0) is 17.8 Å². The number of rotatable bonds is 6. The summed E-state index contributed by atoms with van der Waals surface area (Å²) < 4.78 is 0. The molecule has 0 saturated heterocycles. The van der Waals surface area contributed by atoms with Crippen molar-refractivity contribution in [1.82, 2.24) is 5.32 Å². The van der Waals surface area contributed by atoms with Crippen LogP contribution < -0.4 is 15.1 Å². The van der Waals surface area contributed by atoms with Gasteiger partial charge in [0.2, 0.25) is 5.91 Å². The normalized spacial score (nSPS) is 13.3. The zero-order chi connectivity index (χ0) is 20.8. The van der Waals surface area contributed by atoms with Gasteiger partial charge in [-0.25, -0.2) is 0 Å². The minimum absolute atomic E-state index is 0.0591. The molecule has 0 atom stereocenters. The van der Waals surface area contributed by atoms with Gasteiger partial charge >= 0.3 is 0 Å². The summed E-state index contributed by atoms with van der Waals surface area (Å²) in [6, 6.07) is 27.0. The second-order valence-corrected chi connectivity index (χ2v) is 7.81. The molecule has 0 fully saturated rings. The average molecular weight is 400 g/mol. The first-order valence-electron chi connectivity index (χ1n) is 10.7. The third kappa shape index (κ3) is 4.65. The Kier molecular flexibility index (Phi) is 6.33. The number of amides is 1. The maximum Gasteiger partial charge on any atom is 0.239 e. The molecule has 4 nitrogen and oxygen atoms in total. The zero-order valence-electron chi connectivity index (χ0n) is 17.6. The van der Waals surface area contributed by atoms with Crippen LogP contribution in [0.4, 0.5) is 17.1 Å². The average Bonchev–Trinajstić information content (AvgIpc) is 3.00. The first kappa shape index (κ1) is 20.0. The number of fused-ring (bicyclic) bond motifs is 1. The Bertz CT molecular complexity index is 986. The Balaban J connectivity index is 1.43. The molecule has 4 heteroatoms. The summed E-state index contributed by atoms with van der Waals surface area (Å²) in [5, 5.41) is 3.14. The number of para-hydroxylation sites is 3. The quantitative estimate of drug-likeness (QED) is 0.639. The van der Waals surface area contributed by atoms with Crippen molar-refractivity contribution in [2.24, 2.45) is 0 Å². The predicted octanol–water partition coefficient (Wildman–Crippen LogP) is 4.91. The zero-order valence-corrected chi connectivity index (χ0v) is 17.6. The Hall–Kier alpha value is -3.27. The van der Waals surface area contributed by atoms with Crippen molar-refractivity contribution >= 4 is 23.0 Å². The lowest BCUT2D eigenvalue weighted by molar-refractivity contribution is -0.119. The van der Waals surface area contributed by atoms with Gasteiger partial charge in [0, 0.05) is 37.2 Å². The number of nitrogens with one attached hydrogen (secondary N) is 1. The van der Waals surface area contributed by atoms with Gasteiger partial charge in [-0.1, -0.05) is 54.6 Å². The van der Waals surface area contributed by atoms with E-state index in [2.05, 4.69) is 70.7 Å². The molecule has 0 unspecified atom stereocenters. The smallest absolute Gasteiger partial charge is 0.239 e. The molecule has 0 bridgehead atoms. The van der Waals surface area contributed by atoms with Gasteiger partial charge in [-0.3, -0.25) is 4.79 Å². The highest BCUT2D eigenvalue weighted by molar-refractivity contribution is 5.82. The molecule has 0 aromatic heterocycles. The number of hydrogen-bond donors (Lipinski definition) is 1. The fraction of sp³-hybridized carbons (Fsp3) is 0.269. The Morgan fingerprint density at radius 3 is 2.53 bits per heavy atom. The molecule has 3 aromatic carbocycles. The summed E-state index contributed by atoms with van der Waals surface area (Å²) in [6.45, 7) is 1.84. The highest BCUT2D eigenvalue weighted by Gasteiger charge is 2.17. The molecule has 1 N–H and O–H groups in total. The van der Waals surface area contributed by atoms with Gasteiger partial charge < -0.3 is 15.1 Å². The van der Waals surface area contributed by atoms with Crippen LogP contribution in [0.2, 0.25) is 0 Å². The van der Waals surface area contributed by atoms with Gasteiger partial charge in [-0.2, -0.15) is 0 Å². The van der Waals surface area contributed by atoms with Crippen LogP contribution >= 0.6 is 0 Å². The predicted molar refractivity (Wildman–Crippen MR) is 124 cm³/mol. The van der Waals surface area contributed by atoms with Crippen molar-refractivity contribution in [2.75, 3.05) is 29.9 Å². The highest BCUT2D eigenvalue weighted by atomic mass is 16.2. The molecule has 4 rings (SSSR count). The van der Waals surface area contributed by atoms with E-state index in [0.29, 0.717) is 13.1 Å². The second kappa shape index (κ2) is 9.49. The maximum absolute atomic E-state index is 12.8. The Labute approximate surface area is 179 Å². The maximum atomic E-state index is 12.8. The highest BCUT2D eigenvalue weighted by Crippen LogP contribution is 2.27. The lowest BCUT2D eigenvalue weighted by Gasteiger charge is -2.25. The summed E-state index contributed by atoms with van der Waals surface area (Å²) in [5.41, 5.74) is 5.88. The van der Waals surface area contributed by atoms with E-state index in [-0.39, 0.29) is 5.91 Å². The van der Waals surface area contributed by atoms with Crippen LogP contribution in [0, 0.1) is 0 Å². The molecule has 0 aliphatic carbocycles. The summed E-state index contributed by atoms with van der Waals surface area (Å²) >= 11 is 0. The van der Waals surface area contributed by atoms with Crippen LogP contribution in [0.1, 0.15) is 24.0 Å². The monoisotopic (exact) mass is 399 g/mol. The number of hydrogen-bond acceptors (Lipinski definition) is 3. The summed E-state index contributed by atoms with van der Waals surface area (Å²) in [6.07, 6.45) is 3.38. The van der Waals surface area contributed by atoms with Gasteiger partial charge in [0.15, 0.2) is 0 Å². The number of carbonyl (C=O) groups excluding carboxylic acids is 1. The van der Waals surface area contributed by atoms with Gasteiger partial charge in [0.1, 0.15) is 0 Å². The van der Waals surface area contributed by atoms with Gasteiger partial charge in [0.25, 0.3) is 0 Å². The SMILES string of the molecule is CN(c1ccccc1)c1ccccc1CNC(=O)CN1CCCCc2ccccc21. The second-order valence-electron chi connectivity index (χ2n) is 7.81. The van der Waals surface area contributed by atoms with Crippen molar-refractivity contribution in [3.63, 3.8) is 0 Å². The molecule has 30 heavy (non-hydrogen) atoms. The topological polar surface area (TPSA) is 35.6 Å². The summed E-state index contributed by atoms with van der Waals surface area (Å²) in [4.78, 5) is 17.2. The third-order valence-corrected chi connectivity index (χ3v) is 5.76. The molecule has 154 valence electrons. The van der Waals surface area contributed by atoms with Crippen LogP contribution in [0.15, 0.2) is 78.9 Å². The van der Waals surface area contributed by atoms with Crippen molar-refractivity contribution < 1.29 is 4.79 Å². The third-order valence-electron chi connectivity index (χ3n) is 5.76. The van der Waals surface area contributed by atoms with Crippen molar-refractivity contribution in [1.29, 1.82) is 0 Å². The van der Waals surface area contributed by atoms with E-state index >= 15 is 0 Å². The van der Waals surface area contributed by atoms with Crippen LogP contribution in [0.25, 0.3) is 0 Å². The minimum atomic E-state index is 0.0591. The molecular formula is C26H29N3O. The summed E-state index contributed by atoms with van der Waals surface area (Å²) in [5.74, 6) is 0.0591. The van der Waals surface area contributed by atoms with Crippen LogP contribution in [0.3, 0.4) is 0 Å². The van der Waals surface area contributed by atoms with Gasteiger partial charge in [0.05, 0.1) is 6.54 Å². The van der Waals surface area contributed by atoms with E-state index < -0.39 is 0 Å². The largest absolute Gasteiger partial charge is 0.362 e.